The van der Waals surface area contributed by atoms with E-state index < -0.39 is 5.60 Å². The zero-order chi connectivity index (χ0) is 16.6. The van der Waals surface area contributed by atoms with Gasteiger partial charge in [0, 0.05) is 25.2 Å². The van der Waals surface area contributed by atoms with E-state index in [1.807, 2.05) is 20.8 Å². The Morgan fingerprint density at radius 2 is 2.09 bits per heavy atom. The Bertz CT molecular complexity index is 328. The minimum atomic E-state index is -0.452. The van der Waals surface area contributed by atoms with Crippen molar-refractivity contribution in [1.82, 2.24) is 10.6 Å². The molecule has 0 aromatic heterocycles. The van der Waals surface area contributed by atoms with Crippen molar-refractivity contribution in [2.45, 2.75) is 90.5 Å². The van der Waals surface area contributed by atoms with Gasteiger partial charge in [-0.05, 0) is 46.5 Å². The largest absolute Gasteiger partial charge is 0.444 e. The lowest BCUT2D eigenvalue weighted by atomic mass is 10.00. The topological polar surface area (TPSA) is 59.6 Å². The van der Waals surface area contributed by atoms with E-state index in [9.17, 15) is 4.79 Å². The van der Waals surface area contributed by atoms with E-state index in [1.54, 1.807) is 0 Å². The van der Waals surface area contributed by atoms with Crippen LogP contribution in [-0.2, 0) is 9.47 Å². The Morgan fingerprint density at radius 3 is 2.68 bits per heavy atom. The molecule has 1 fully saturated rings. The minimum absolute atomic E-state index is 0.290. The van der Waals surface area contributed by atoms with Crippen molar-refractivity contribution in [3.05, 3.63) is 0 Å². The fourth-order valence-corrected chi connectivity index (χ4v) is 2.76. The van der Waals surface area contributed by atoms with Gasteiger partial charge >= 0.3 is 6.09 Å². The summed E-state index contributed by atoms with van der Waals surface area (Å²) in [5.41, 5.74) is -0.452. The second kappa shape index (κ2) is 9.36. The van der Waals surface area contributed by atoms with E-state index in [4.69, 9.17) is 9.47 Å². The highest BCUT2D eigenvalue weighted by atomic mass is 16.6. The summed E-state index contributed by atoms with van der Waals surface area (Å²) in [7, 11) is 0. The Balaban J connectivity index is 2.39. The number of carbonyl (C=O) groups is 1. The molecule has 0 spiro atoms. The molecule has 0 aromatic carbocycles. The van der Waals surface area contributed by atoms with Crippen molar-refractivity contribution in [2.75, 3.05) is 13.2 Å². The van der Waals surface area contributed by atoms with Crippen molar-refractivity contribution in [1.29, 1.82) is 0 Å². The molecule has 3 atom stereocenters. The molecule has 0 aromatic rings. The third-order valence-electron chi connectivity index (χ3n) is 3.82. The molecule has 130 valence electrons. The highest BCUT2D eigenvalue weighted by molar-refractivity contribution is 5.67. The quantitative estimate of drug-likeness (QED) is 0.757. The number of rotatable bonds is 7. The number of hydrogen-bond acceptors (Lipinski definition) is 4. The van der Waals surface area contributed by atoms with Gasteiger partial charge in [0.05, 0.1) is 6.10 Å². The van der Waals surface area contributed by atoms with Crippen molar-refractivity contribution >= 4 is 6.09 Å². The number of carbonyl (C=O) groups excluding carboxylic acids is 1. The molecule has 5 nitrogen and oxygen atoms in total. The van der Waals surface area contributed by atoms with Crippen molar-refractivity contribution in [2.24, 2.45) is 0 Å². The summed E-state index contributed by atoms with van der Waals surface area (Å²) < 4.78 is 11.0. The summed E-state index contributed by atoms with van der Waals surface area (Å²) in [6.07, 6.45) is 5.33. The molecule has 1 saturated heterocycles. The lowest BCUT2D eigenvalue weighted by Crippen LogP contribution is -2.49. The van der Waals surface area contributed by atoms with Crippen LogP contribution in [0.5, 0.6) is 0 Å². The van der Waals surface area contributed by atoms with Gasteiger partial charge in [-0.25, -0.2) is 4.79 Å². The minimum Gasteiger partial charge on any atom is -0.444 e. The second-order valence-electron chi connectivity index (χ2n) is 7.16. The zero-order valence-corrected chi connectivity index (χ0v) is 14.9. The predicted molar refractivity (Wildman–Crippen MR) is 89.1 cm³/mol. The molecule has 1 rings (SSSR count). The van der Waals surface area contributed by atoms with Gasteiger partial charge in [-0.2, -0.15) is 0 Å². The molecule has 1 aliphatic heterocycles. The van der Waals surface area contributed by atoms with Gasteiger partial charge < -0.3 is 20.1 Å². The summed E-state index contributed by atoms with van der Waals surface area (Å²) >= 11 is 0. The average Bonchev–Trinajstić information content (AvgIpc) is 2.43. The fraction of sp³-hybridized carbons (Fsp3) is 0.941. The molecular formula is C17H34N2O3. The molecular weight excluding hydrogens is 280 g/mol. The molecule has 5 heteroatoms. The number of hydrogen-bond donors (Lipinski definition) is 2. The fourth-order valence-electron chi connectivity index (χ4n) is 2.76. The standard InChI is InChI=1S/C17H34N2O3/c1-6-8-14(12-18-16(20)22-17(3,4)5)19-13-9-10-21-15(7-2)11-13/h13-15,19H,6-12H2,1-5H3,(H,18,20). The van der Waals surface area contributed by atoms with Gasteiger partial charge in [-0.1, -0.05) is 20.3 Å². The van der Waals surface area contributed by atoms with Gasteiger partial charge in [0.1, 0.15) is 5.60 Å². The Labute approximate surface area is 135 Å². The van der Waals surface area contributed by atoms with Crippen LogP contribution >= 0.6 is 0 Å². The smallest absolute Gasteiger partial charge is 0.407 e. The molecule has 22 heavy (non-hydrogen) atoms. The van der Waals surface area contributed by atoms with E-state index >= 15 is 0 Å². The summed E-state index contributed by atoms with van der Waals surface area (Å²) in [4.78, 5) is 11.8. The maximum Gasteiger partial charge on any atom is 0.407 e. The van der Waals surface area contributed by atoms with Crippen LogP contribution in [0.15, 0.2) is 0 Å². The predicted octanol–water partition coefficient (Wildman–Crippen LogP) is 3.23. The van der Waals surface area contributed by atoms with Crippen LogP contribution in [0.3, 0.4) is 0 Å². The van der Waals surface area contributed by atoms with Crippen LogP contribution in [-0.4, -0.2) is 43.0 Å². The first-order valence-electron chi connectivity index (χ1n) is 8.68. The van der Waals surface area contributed by atoms with Gasteiger partial charge in [-0.15, -0.1) is 0 Å². The molecule has 1 aliphatic rings. The maximum absolute atomic E-state index is 11.8. The third-order valence-corrected chi connectivity index (χ3v) is 3.82. The number of amides is 1. The van der Waals surface area contributed by atoms with E-state index in [1.165, 1.54) is 0 Å². The second-order valence-corrected chi connectivity index (χ2v) is 7.16. The van der Waals surface area contributed by atoms with E-state index in [-0.39, 0.29) is 12.1 Å². The monoisotopic (exact) mass is 314 g/mol. The highest BCUT2D eigenvalue weighted by Crippen LogP contribution is 2.17. The Morgan fingerprint density at radius 1 is 1.36 bits per heavy atom. The average molecular weight is 314 g/mol. The highest BCUT2D eigenvalue weighted by Gasteiger charge is 2.24. The van der Waals surface area contributed by atoms with Gasteiger partial charge in [0.25, 0.3) is 0 Å². The van der Waals surface area contributed by atoms with Crippen LogP contribution in [0, 0.1) is 0 Å². The first kappa shape index (κ1) is 19.2. The lowest BCUT2D eigenvalue weighted by molar-refractivity contribution is -0.00230. The van der Waals surface area contributed by atoms with Gasteiger partial charge in [0.15, 0.2) is 0 Å². The molecule has 0 bridgehead atoms. The van der Waals surface area contributed by atoms with Gasteiger partial charge in [0.2, 0.25) is 0 Å². The molecule has 0 radical (unpaired) electrons. The maximum atomic E-state index is 11.8. The number of nitrogens with one attached hydrogen (secondary N) is 2. The summed E-state index contributed by atoms with van der Waals surface area (Å²) in [6.45, 7) is 11.4. The molecule has 1 amide bonds. The van der Waals surface area contributed by atoms with E-state index in [0.717, 1.165) is 38.7 Å². The normalized spacial score (nSPS) is 23.9. The SMILES string of the molecule is CCCC(CNC(=O)OC(C)(C)C)NC1CCOC(CC)C1. The van der Waals surface area contributed by atoms with Crippen LogP contribution in [0.25, 0.3) is 0 Å². The molecule has 0 saturated carbocycles. The van der Waals surface area contributed by atoms with Crippen LogP contribution in [0.1, 0.15) is 66.7 Å². The van der Waals surface area contributed by atoms with Crippen molar-refractivity contribution in [3.8, 4) is 0 Å². The van der Waals surface area contributed by atoms with Crippen molar-refractivity contribution in [3.63, 3.8) is 0 Å². The Kier molecular flexibility index (Phi) is 8.18. The third kappa shape index (κ3) is 7.99. The first-order chi connectivity index (χ1) is 10.3. The van der Waals surface area contributed by atoms with Crippen LogP contribution in [0.2, 0.25) is 0 Å². The number of ether oxygens (including phenoxy) is 2. The molecule has 3 unspecified atom stereocenters. The summed E-state index contributed by atoms with van der Waals surface area (Å²) in [6, 6.07) is 0.772. The molecule has 1 heterocycles. The zero-order valence-electron chi connectivity index (χ0n) is 14.9. The molecule has 0 aliphatic carbocycles. The molecule has 2 N–H and O–H groups in total. The van der Waals surface area contributed by atoms with Crippen LogP contribution < -0.4 is 10.6 Å². The van der Waals surface area contributed by atoms with Crippen LogP contribution in [0.4, 0.5) is 4.79 Å². The number of alkyl carbamates (subject to hydrolysis) is 1. The van der Waals surface area contributed by atoms with E-state index in [0.29, 0.717) is 18.7 Å². The summed E-state index contributed by atoms with van der Waals surface area (Å²) in [5.74, 6) is 0. The van der Waals surface area contributed by atoms with E-state index in [2.05, 4.69) is 24.5 Å². The summed E-state index contributed by atoms with van der Waals surface area (Å²) in [5, 5.41) is 6.57. The van der Waals surface area contributed by atoms with Gasteiger partial charge in [-0.3, -0.25) is 0 Å². The lowest BCUT2D eigenvalue weighted by Gasteiger charge is -2.33. The van der Waals surface area contributed by atoms with Crippen molar-refractivity contribution < 1.29 is 14.3 Å². The first-order valence-corrected chi connectivity index (χ1v) is 8.68. The Hall–Kier alpha value is -0.810.